The largest absolute Gasteiger partial charge is 0.0838 e. The summed E-state index contributed by atoms with van der Waals surface area (Å²) in [7, 11) is 0. The van der Waals surface area contributed by atoms with E-state index in [2.05, 4.69) is 29.8 Å². The van der Waals surface area contributed by atoms with Crippen LogP contribution in [0.4, 0.5) is 0 Å². The molecule has 0 spiro atoms. The summed E-state index contributed by atoms with van der Waals surface area (Å²) in [6.45, 7) is 4.44. The van der Waals surface area contributed by atoms with Crippen LogP contribution in [0.5, 0.6) is 0 Å². The van der Waals surface area contributed by atoms with E-state index in [9.17, 15) is 0 Å². The highest BCUT2D eigenvalue weighted by atomic mass is 79.9. The summed E-state index contributed by atoms with van der Waals surface area (Å²) in [4.78, 5) is 1.49. The highest BCUT2D eigenvalue weighted by Gasteiger charge is 2.00. The molecular formula is C8H16Br. The lowest BCUT2D eigenvalue weighted by atomic mass is 10.1. The summed E-state index contributed by atoms with van der Waals surface area (Å²) in [5.41, 5.74) is 0. The number of rotatable bonds is 5. The second-order valence-corrected chi connectivity index (χ2v) is 3.49. The maximum Gasteiger partial charge on any atom is 0.0410 e. The molecule has 0 N–H and O–H groups in total. The Kier molecular flexibility index (Phi) is 6.95. The van der Waals surface area contributed by atoms with Crippen molar-refractivity contribution in [2.75, 3.05) is 0 Å². The minimum Gasteiger partial charge on any atom is -0.0838 e. The molecule has 0 aromatic heterocycles. The van der Waals surface area contributed by atoms with Crippen molar-refractivity contribution in [3.8, 4) is 0 Å². The van der Waals surface area contributed by atoms with Crippen LogP contribution >= 0.6 is 15.9 Å². The average Bonchev–Trinajstić information content (AvgIpc) is 1.85. The standard InChI is InChI=1S/C8H16Br/c1-3-5-7-8(9)6-4-2/h3-7H2,1-2H3. The second-order valence-electron chi connectivity index (χ2n) is 2.37. The van der Waals surface area contributed by atoms with Crippen LogP contribution in [-0.2, 0) is 0 Å². The summed E-state index contributed by atoms with van der Waals surface area (Å²) >= 11 is 3.56. The van der Waals surface area contributed by atoms with Gasteiger partial charge in [0, 0.05) is 4.83 Å². The first-order valence-corrected chi connectivity index (χ1v) is 4.60. The molecule has 1 heteroatoms. The fraction of sp³-hybridized carbons (Fsp3) is 0.875. The molecule has 0 aliphatic carbocycles. The Morgan fingerprint density at radius 1 is 1.11 bits per heavy atom. The quantitative estimate of drug-likeness (QED) is 0.619. The molecule has 0 atom stereocenters. The first-order valence-electron chi connectivity index (χ1n) is 3.81. The Morgan fingerprint density at radius 2 is 1.78 bits per heavy atom. The zero-order valence-electron chi connectivity index (χ0n) is 6.41. The van der Waals surface area contributed by atoms with E-state index in [1.807, 2.05) is 0 Å². The van der Waals surface area contributed by atoms with Gasteiger partial charge in [0.05, 0.1) is 0 Å². The average molecular weight is 192 g/mol. The predicted molar refractivity (Wildman–Crippen MR) is 46.6 cm³/mol. The van der Waals surface area contributed by atoms with Crippen molar-refractivity contribution in [3.05, 3.63) is 4.83 Å². The lowest BCUT2D eigenvalue weighted by Crippen LogP contribution is -1.85. The van der Waals surface area contributed by atoms with E-state index < -0.39 is 0 Å². The van der Waals surface area contributed by atoms with Crippen LogP contribution in [0.25, 0.3) is 0 Å². The predicted octanol–water partition coefficient (Wildman–Crippen LogP) is 3.90. The fourth-order valence-corrected chi connectivity index (χ4v) is 1.44. The molecule has 0 bridgehead atoms. The third-order valence-corrected chi connectivity index (χ3v) is 2.12. The molecular weight excluding hydrogens is 176 g/mol. The molecule has 0 fully saturated rings. The van der Waals surface area contributed by atoms with Gasteiger partial charge in [-0.1, -0.05) is 49.0 Å². The highest BCUT2D eigenvalue weighted by Crippen LogP contribution is 2.22. The molecule has 55 valence electrons. The zero-order chi connectivity index (χ0) is 7.11. The fourth-order valence-electron chi connectivity index (χ4n) is 0.765. The Hall–Kier alpha value is 0.480. The minimum atomic E-state index is 1.25. The highest BCUT2D eigenvalue weighted by molar-refractivity contribution is 9.11. The lowest BCUT2D eigenvalue weighted by Gasteiger charge is -2.04. The van der Waals surface area contributed by atoms with Crippen LogP contribution < -0.4 is 0 Å². The Morgan fingerprint density at radius 3 is 2.22 bits per heavy atom. The van der Waals surface area contributed by atoms with Gasteiger partial charge in [-0.25, -0.2) is 0 Å². The summed E-state index contributed by atoms with van der Waals surface area (Å²) < 4.78 is 0. The molecule has 0 rings (SSSR count). The van der Waals surface area contributed by atoms with Crippen molar-refractivity contribution >= 4 is 15.9 Å². The molecule has 9 heavy (non-hydrogen) atoms. The molecule has 0 aromatic carbocycles. The van der Waals surface area contributed by atoms with Gasteiger partial charge in [0.1, 0.15) is 0 Å². The van der Waals surface area contributed by atoms with Crippen LogP contribution in [0.1, 0.15) is 46.0 Å². The SMILES string of the molecule is CCCC[C](Br)CCC. The number of hydrogen-bond donors (Lipinski definition) is 0. The van der Waals surface area contributed by atoms with Crippen molar-refractivity contribution in [2.24, 2.45) is 0 Å². The first kappa shape index (κ1) is 9.48. The van der Waals surface area contributed by atoms with E-state index in [1.54, 1.807) is 0 Å². The first-order chi connectivity index (χ1) is 4.31. The minimum absolute atomic E-state index is 1.25. The van der Waals surface area contributed by atoms with E-state index in [1.165, 1.54) is 36.9 Å². The maximum absolute atomic E-state index is 3.56. The number of hydrogen-bond acceptors (Lipinski definition) is 0. The molecule has 0 aliphatic heterocycles. The van der Waals surface area contributed by atoms with Gasteiger partial charge >= 0.3 is 0 Å². The number of unbranched alkanes of at least 4 members (excludes halogenated alkanes) is 1. The van der Waals surface area contributed by atoms with Crippen LogP contribution in [0, 0.1) is 4.83 Å². The Bertz CT molecular complexity index is 52.5. The Labute approximate surface area is 67.2 Å². The summed E-state index contributed by atoms with van der Waals surface area (Å²) in [6, 6.07) is 0. The summed E-state index contributed by atoms with van der Waals surface area (Å²) in [6.07, 6.45) is 6.42. The normalized spacial score (nSPS) is 10.7. The van der Waals surface area contributed by atoms with Crippen molar-refractivity contribution < 1.29 is 0 Å². The molecule has 1 radical (unpaired) electrons. The van der Waals surface area contributed by atoms with Crippen LogP contribution in [0.15, 0.2) is 0 Å². The van der Waals surface area contributed by atoms with E-state index in [0.29, 0.717) is 0 Å². The van der Waals surface area contributed by atoms with Gasteiger partial charge in [0.15, 0.2) is 0 Å². The van der Waals surface area contributed by atoms with Crippen molar-refractivity contribution in [2.45, 2.75) is 46.0 Å². The van der Waals surface area contributed by atoms with Crippen LogP contribution in [-0.4, -0.2) is 0 Å². The van der Waals surface area contributed by atoms with E-state index >= 15 is 0 Å². The Balaban J connectivity index is 2.95. The molecule has 0 saturated heterocycles. The summed E-state index contributed by atoms with van der Waals surface area (Å²) in [5, 5.41) is 0. The zero-order valence-corrected chi connectivity index (χ0v) is 8.00. The van der Waals surface area contributed by atoms with E-state index in [4.69, 9.17) is 0 Å². The third kappa shape index (κ3) is 6.36. The van der Waals surface area contributed by atoms with E-state index in [0.717, 1.165) is 0 Å². The van der Waals surface area contributed by atoms with Gasteiger partial charge in [-0.05, 0) is 12.8 Å². The molecule has 0 aromatic rings. The number of halogens is 1. The second kappa shape index (κ2) is 6.60. The van der Waals surface area contributed by atoms with Gasteiger partial charge in [-0.15, -0.1) is 0 Å². The smallest absolute Gasteiger partial charge is 0.0410 e. The van der Waals surface area contributed by atoms with Crippen molar-refractivity contribution in [1.82, 2.24) is 0 Å². The van der Waals surface area contributed by atoms with Crippen LogP contribution in [0.2, 0.25) is 0 Å². The van der Waals surface area contributed by atoms with E-state index in [-0.39, 0.29) is 0 Å². The van der Waals surface area contributed by atoms with Crippen molar-refractivity contribution in [3.63, 3.8) is 0 Å². The van der Waals surface area contributed by atoms with Gasteiger partial charge < -0.3 is 0 Å². The van der Waals surface area contributed by atoms with Gasteiger partial charge in [-0.3, -0.25) is 0 Å². The molecule has 0 amide bonds. The summed E-state index contributed by atoms with van der Waals surface area (Å²) in [5.74, 6) is 0. The topological polar surface area (TPSA) is 0 Å². The van der Waals surface area contributed by atoms with Gasteiger partial charge in [0.25, 0.3) is 0 Å². The van der Waals surface area contributed by atoms with Crippen LogP contribution in [0.3, 0.4) is 0 Å². The molecule has 0 aliphatic rings. The van der Waals surface area contributed by atoms with Gasteiger partial charge in [-0.2, -0.15) is 0 Å². The monoisotopic (exact) mass is 191 g/mol. The lowest BCUT2D eigenvalue weighted by molar-refractivity contribution is 0.724. The third-order valence-electron chi connectivity index (χ3n) is 1.32. The van der Waals surface area contributed by atoms with Gasteiger partial charge in [0.2, 0.25) is 0 Å². The van der Waals surface area contributed by atoms with Crippen molar-refractivity contribution in [1.29, 1.82) is 0 Å². The molecule has 0 nitrogen and oxygen atoms in total. The molecule has 0 saturated carbocycles. The maximum atomic E-state index is 3.56. The molecule has 0 unspecified atom stereocenters. The molecule has 0 heterocycles.